The molecule has 0 fully saturated rings. The molecule has 0 spiro atoms. The predicted octanol–water partition coefficient (Wildman–Crippen LogP) is 2.53. The molecule has 76 valence electrons. The number of carbonyl (C=O) groups excluding carboxylic acids is 1. The number of nitrogens with zero attached hydrogens (tertiary/aromatic N) is 1. The van der Waals surface area contributed by atoms with Gasteiger partial charge in [0.05, 0.1) is 12.7 Å². The molecule has 0 aromatic heterocycles. The molecule has 15 heavy (non-hydrogen) atoms. The zero-order chi connectivity index (χ0) is 11.3. The summed E-state index contributed by atoms with van der Waals surface area (Å²) in [6.45, 7) is 0. The molecule has 0 aliphatic carbocycles. The van der Waals surface area contributed by atoms with Crippen molar-refractivity contribution in [3.63, 3.8) is 0 Å². The Bertz CT molecular complexity index is 446. The van der Waals surface area contributed by atoms with Crippen LogP contribution in [0.4, 0.5) is 0 Å². The normalized spacial score (nSPS) is 10.6. The van der Waals surface area contributed by atoms with E-state index in [-0.39, 0.29) is 5.57 Å². The predicted molar refractivity (Wildman–Crippen MR) is 59.7 cm³/mol. The van der Waals surface area contributed by atoms with E-state index in [1.165, 1.54) is 13.2 Å². The summed E-state index contributed by atoms with van der Waals surface area (Å²) in [5, 5.41) is 8.87. The van der Waals surface area contributed by atoms with Gasteiger partial charge < -0.3 is 4.74 Å². The van der Waals surface area contributed by atoms with Crippen molar-refractivity contribution in [2.75, 3.05) is 7.11 Å². The first kappa shape index (κ1) is 11.5. The Morgan fingerprint density at radius 3 is 2.87 bits per heavy atom. The van der Waals surface area contributed by atoms with Crippen molar-refractivity contribution in [3.05, 3.63) is 40.4 Å². The fraction of sp³-hybridized carbons (Fsp3) is 0.0909. The second-order valence-corrected chi connectivity index (χ2v) is 3.62. The van der Waals surface area contributed by atoms with Crippen molar-refractivity contribution in [2.45, 2.75) is 0 Å². The fourth-order valence-corrected chi connectivity index (χ4v) is 1.41. The van der Waals surface area contributed by atoms with Crippen LogP contribution in [0.25, 0.3) is 5.57 Å². The van der Waals surface area contributed by atoms with Gasteiger partial charge in [-0.2, -0.15) is 5.26 Å². The van der Waals surface area contributed by atoms with Gasteiger partial charge in [0.25, 0.3) is 0 Å². The number of hydrogen-bond acceptors (Lipinski definition) is 3. The zero-order valence-electron chi connectivity index (χ0n) is 8.03. The topological polar surface area (TPSA) is 50.1 Å². The van der Waals surface area contributed by atoms with Crippen molar-refractivity contribution in [3.8, 4) is 6.07 Å². The number of benzene rings is 1. The Labute approximate surface area is 96.1 Å². The maximum Gasteiger partial charge on any atom is 0.331 e. The summed E-state index contributed by atoms with van der Waals surface area (Å²) in [7, 11) is 1.27. The molecule has 0 N–H and O–H groups in total. The van der Waals surface area contributed by atoms with Gasteiger partial charge in [0.1, 0.15) is 6.07 Å². The third kappa shape index (κ3) is 3.22. The van der Waals surface area contributed by atoms with E-state index in [1.54, 1.807) is 18.2 Å². The van der Waals surface area contributed by atoms with E-state index < -0.39 is 5.97 Å². The smallest absolute Gasteiger partial charge is 0.331 e. The van der Waals surface area contributed by atoms with Crippen LogP contribution < -0.4 is 0 Å². The maximum absolute atomic E-state index is 11.0. The molecule has 0 unspecified atom stereocenters. The average Bonchev–Trinajstić information content (AvgIpc) is 2.25. The number of hydrogen-bond donors (Lipinski definition) is 0. The van der Waals surface area contributed by atoms with Crippen LogP contribution in [0.5, 0.6) is 0 Å². The number of nitriles is 1. The van der Waals surface area contributed by atoms with Gasteiger partial charge in [-0.1, -0.05) is 28.1 Å². The largest absolute Gasteiger partial charge is 0.466 e. The lowest BCUT2D eigenvalue weighted by atomic mass is 10.1. The summed E-state index contributed by atoms with van der Waals surface area (Å²) >= 11 is 3.29. The Kier molecular flexibility index (Phi) is 4.07. The summed E-state index contributed by atoms with van der Waals surface area (Å²) in [4.78, 5) is 11.0. The Morgan fingerprint density at radius 2 is 2.33 bits per heavy atom. The van der Waals surface area contributed by atoms with Crippen LogP contribution in [0.2, 0.25) is 0 Å². The Hall–Kier alpha value is -1.60. The first-order chi connectivity index (χ1) is 7.17. The van der Waals surface area contributed by atoms with E-state index in [0.717, 1.165) is 4.47 Å². The molecule has 0 saturated heterocycles. The third-order valence-corrected chi connectivity index (χ3v) is 2.21. The van der Waals surface area contributed by atoms with Gasteiger partial charge in [-0.3, -0.25) is 0 Å². The summed E-state index contributed by atoms with van der Waals surface area (Å²) in [6.07, 6.45) is 1.17. The van der Waals surface area contributed by atoms with Crippen molar-refractivity contribution < 1.29 is 9.53 Å². The molecule has 0 saturated carbocycles. The van der Waals surface area contributed by atoms with Crippen LogP contribution in [0.15, 0.2) is 34.8 Å². The molecule has 0 heterocycles. The van der Waals surface area contributed by atoms with E-state index in [4.69, 9.17) is 5.26 Å². The summed E-state index contributed by atoms with van der Waals surface area (Å²) < 4.78 is 5.31. The van der Waals surface area contributed by atoms with Crippen molar-refractivity contribution in [1.29, 1.82) is 5.26 Å². The fourth-order valence-electron chi connectivity index (χ4n) is 1.01. The van der Waals surface area contributed by atoms with E-state index in [0.29, 0.717) is 5.56 Å². The SMILES string of the molecule is COC(=O)C=C(C#N)c1cccc(Br)c1. The zero-order valence-corrected chi connectivity index (χ0v) is 9.61. The highest BCUT2D eigenvalue weighted by Crippen LogP contribution is 2.18. The first-order valence-electron chi connectivity index (χ1n) is 4.13. The first-order valence-corrected chi connectivity index (χ1v) is 4.92. The summed E-state index contributed by atoms with van der Waals surface area (Å²) in [6, 6.07) is 9.10. The quantitative estimate of drug-likeness (QED) is 0.469. The molecule has 4 heteroatoms. The standard InChI is InChI=1S/C11H8BrNO2/c1-15-11(14)6-9(7-13)8-3-2-4-10(12)5-8/h2-6H,1H3. The molecule has 3 nitrogen and oxygen atoms in total. The number of esters is 1. The Balaban J connectivity index is 3.09. The lowest BCUT2D eigenvalue weighted by molar-refractivity contribution is -0.134. The molecular weight excluding hydrogens is 258 g/mol. The van der Waals surface area contributed by atoms with Crippen molar-refractivity contribution >= 4 is 27.5 Å². The molecule has 1 rings (SSSR count). The minimum atomic E-state index is -0.536. The highest BCUT2D eigenvalue weighted by Gasteiger charge is 2.04. The van der Waals surface area contributed by atoms with Crippen LogP contribution in [0.1, 0.15) is 5.56 Å². The summed E-state index contributed by atoms with van der Waals surface area (Å²) in [5.74, 6) is -0.536. The molecular formula is C11H8BrNO2. The van der Waals surface area contributed by atoms with Gasteiger partial charge in [0.15, 0.2) is 0 Å². The van der Waals surface area contributed by atoms with Gasteiger partial charge in [0, 0.05) is 10.5 Å². The van der Waals surface area contributed by atoms with Crippen LogP contribution >= 0.6 is 15.9 Å². The van der Waals surface area contributed by atoms with Gasteiger partial charge >= 0.3 is 5.97 Å². The number of allylic oxidation sites excluding steroid dienone is 1. The number of methoxy groups -OCH3 is 1. The van der Waals surface area contributed by atoms with E-state index in [9.17, 15) is 4.79 Å². The van der Waals surface area contributed by atoms with Gasteiger partial charge in [-0.05, 0) is 17.7 Å². The molecule has 1 aromatic carbocycles. The number of rotatable bonds is 2. The van der Waals surface area contributed by atoms with Gasteiger partial charge in [0.2, 0.25) is 0 Å². The highest BCUT2D eigenvalue weighted by molar-refractivity contribution is 9.10. The number of halogens is 1. The van der Waals surface area contributed by atoms with E-state index >= 15 is 0 Å². The summed E-state index contributed by atoms with van der Waals surface area (Å²) in [5.41, 5.74) is 0.959. The second kappa shape index (κ2) is 5.32. The van der Waals surface area contributed by atoms with Gasteiger partial charge in [-0.25, -0.2) is 4.79 Å². The number of carbonyl (C=O) groups is 1. The van der Waals surface area contributed by atoms with Crippen molar-refractivity contribution in [1.82, 2.24) is 0 Å². The van der Waals surface area contributed by atoms with Crippen LogP contribution in [-0.4, -0.2) is 13.1 Å². The monoisotopic (exact) mass is 265 g/mol. The van der Waals surface area contributed by atoms with E-state index in [2.05, 4.69) is 20.7 Å². The second-order valence-electron chi connectivity index (χ2n) is 2.70. The average molecular weight is 266 g/mol. The minimum Gasteiger partial charge on any atom is -0.466 e. The molecule has 0 bridgehead atoms. The van der Waals surface area contributed by atoms with E-state index in [1.807, 2.05) is 12.1 Å². The molecule has 0 aliphatic heterocycles. The maximum atomic E-state index is 11.0. The lowest BCUT2D eigenvalue weighted by Crippen LogP contribution is -1.96. The molecule has 0 radical (unpaired) electrons. The van der Waals surface area contributed by atoms with Crippen LogP contribution in [0, 0.1) is 11.3 Å². The van der Waals surface area contributed by atoms with Gasteiger partial charge in [-0.15, -0.1) is 0 Å². The van der Waals surface area contributed by atoms with Crippen LogP contribution in [0.3, 0.4) is 0 Å². The third-order valence-electron chi connectivity index (χ3n) is 1.72. The molecule has 1 aromatic rings. The number of ether oxygens (including phenoxy) is 1. The lowest BCUT2D eigenvalue weighted by Gasteiger charge is -1.99. The molecule has 0 aliphatic rings. The highest BCUT2D eigenvalue weighted by atomic mass is 79.9. The molecule has 0 amide bonds. The van der Waals surface area contributed by atoms with Crippen LogP contribution in [-0.2, 0) is 9.53 Å². The van der Waals surface area contributed by atoms with Crippen molar-refractivity contribution in [2.24, 2.45) is 0 Å². The minimum absolute atomic E-state index is 0.281. The molecule has 0 atom stereocenters. The Morgan fingerprint density at radius 1 is 1.60 bits per heavy atom.